The van der Waals surface area contributed by atoms with Crippen LogP contribution in [0.15, 0.2) is 45.9 Å². The van der Waals surface area contributed by atoms with Gasteiger partial charge in [-0.15, -0.1) is 0 Å². The Morgan fingerprint density at radius 1 is 1.12 bits per heavy atom. The number of alkyl halides is 3. The van der Waals surface area contributed by atoms with E-state index >= 15 is 0 Å². The summed E-state index contributed by atoms with van der Waals surface area (Å²) in [4.78, 5) is 35.0. The third kappa shape index (κ3) is 4.96. The first-order valence-corrected chi connectivity index (χ1v) is 7.14. The van der Waals surface area contributed by atoms with Crippen molar-refractivity contribution in [3.8, 4) is 0 Å². The molecule has 0 spiro atoms. The minimum Gasteiger partial charge on any atom is -0.459 e. The summed E-state index contributed by atoms with van der Waals surface area (Å²) in [5.41, 5.74) is -2.63. The SMILES string of the molecule is O=C(Cn1cccc(C(F)(F)F)c1=O)NCCNC(=O)c1ccco1. The molecule has 0 aliphatic heterocycles. The number of hydrogen-bond donors (Lipinski definition) is 2. The first kappa shape index (κ1) is 18.3. The average molecular weight is 357 g/mol. The van der Waals surface area contributed by atoms with Crippen molar-refractivity contribution in [2.24, 2.45) is 0 Å². The summed E-state index contributed by atoms with van der Waals surface area (Å²) in [6.07, 6.45) is -2.36. The molecule has 0 bridgehead atoms. The number of aromatic nitrogens is 1. The highest BCUT2D eigenvalue weighted by Crippen LogP contribution is 2.25. The van der Waals surface area contributed by atoms with Gasteiger partial charge in [-0.05, 0) is 24.3 Å². The van der Waals surface area contributed by atoms with Crippen LogP contribution in [0.2, 0.25) is 0 Å². The molecule has 10 heteroatoms. The van der Waals surface area contributed by atoms with Crippen LogP contribution in [0.1, 0.15) is 16.1 Å². The first-order valence-electron chi connectivity index (χ1n) is 7.14. The number of furan rings is 1. The third-order valence-corrected chi connectivity index (χ3v) is 3.12. The van der Waals surface area contributed by atoms with Crippen LogP contribution in [0.3, 0.4) is 0 Å². The summed E-state index contributed by atoms with van der Waals surface area (Å²) >= 11 is 0. The second kappa shape index (κ2) is 7.69. The van der Waals surface area contributed by atoms with Gasteiger partial charge in [-0.1, -0.05) is 0 Å². The van der Waals surface area contributed by atoms with E-state index in [0.717, 1.165) is 12.3 Å². The van der Waals surface area contributed by atoms with Crippen molar-refractivity contribution >= 4 is 11.8 Å². The Hall–Kier alpha value is -3.04. The van der Waals surface area contributed by atoms with Gasteiger partial charge in [0.2, 0.25) is 5.91 Å². The number of rotatable bonds is 6. The van der Waals surface area contributed by atoms with Crippen LogP contribution in [0.4, 0.5) is 13.2 Å². The summed E-state index contributed by atoms with van der Waals surface area (Å²) in [6, 6.07) is 4.71. The van der Waals surface area contributed by atoms with Crippen LogP contribution in [-0.4, -0.2) is 29.5 Å². The number of amides is 2. The largest absolute Gasteiger partial charge is 0.459 e. The molecule has 0 aromatic carbocycles. The van der Waals surface area contributed by atoms with E-state index in [1.165, 1.54) is 12.3 Å². The van der Waals surface area contributed by atoms with E-state index < -0.39 is 35.7 Å². The Kier molecular flexibility index (Phi) is 5.63. The fraction of sp³-hybridized carbons (Fsp3) is 0.267. The number of carbonyl (C=O) groups excluding carboxylic acids is 2. The molecule has 2 rings (SSSR count). The van der Waals surface area contributed by atoms with E-state index in [1.807, 2.05) is 0 Å². The fourth-order valence-electron chi connectivity index (χ4n) is 1.96. The van der Waals surface area contributed by atoms with E-state index in [-0.39, 0.29) is 18.8 Å². The number of carbonyl (C=O) groups is 2. The van der Waals surface area contributed by atoms with Crippen LogP contribution in [0.25, 0.3) is 0 Å². The lowest BCUT2D eigenvalue weighted by atomic mass is 10.2. The van der Waals surface area contributed by atoms with Gasteiger partial charge in [-0.2, -0.15) is 13.2 Å². The molecule has 0 saturated heterocycles. The van der Waals surface area contributed by atoms with Crippen LogP contribution in [-0.2, 0) is 17.5 Å². The monoisotopic (exact) mass is 357 g/mol. The van der Waals surface area contributed by atoms with Crippen LogP contribution < -0.4 is 16.2 Å². The summed E-state index contributed by atoms with van der Waals surface area (Å²) in [5.74, 6) is -1.01. The van der Waals surface area contributed by atoms with E-state index in [4.69, 9.17) is 4.42 Å². The molecule has 7 nitrogen and oxygen atoms in total. The number of pyridine rings is 1. The lowest BCUT2D eigenvalue weighted by Gasteiger charge is -2.10. The molecule has 25 heavy (non-hydrogen) atoms. The minimum atomic E-state index is -4.79. The number of hydrogen-bond acceptors (Lipinski definition) is 4. The maximum Gasteiger partial charge on any atom is 0.421 e. The molecule has 0 aliphatic carbocycles. The molecule has 0 radical (unpaired) electrons. The summed E-state index contributed by atoms with van der Waals surface area (Å²) in [5, 5.41) is 4.87. The van der Waals surface area contributed by atoms with Gasteiger partial charge in [0, 0.05) is 19.3 Å². The summed E-state index contributed by atoms with van der Waals surface area (Å²) < 4.78 is 43.5. The van der Waals surface area contributed by atoms with E-state index in [0.29, 0.717) is 10.6 Å². The highest BCUT2D eigenvalue weighted by Gasteiger charge is 2.34. The second-order valence-corrected chi connectivity index (χ2v) is 4.94. The van der Waals surface area contributed by atoms with Crippen molar-refractivity contribution in [2.45, 2.75) is 12.7 Å². The molecule has 2 heterocycles. The highest BCUT2D eigenvalue weighted by molar-refractivity contribution is 5.91. The zero-order valence-electron chi connectivity index (χ0n) is 12.8. The van der Waals surface area contributed by atoms with Crippen LogP contribution in [0, 0.1) is 0 Å². The van der Waals surface area contributed by atoms with Gasteiger partial charge in [-0.25, -0.2) is 0 Å². The third-order valence-electron chi connectivity index (χ3n) is 3.12. The zero-order chi connectivity index (χ0) is 18.4. The van der Waals surface area contributed by atoms with Crippen molar-refractivity contribution in [1.82, 2.24) is 15.2 Å². The van der Waals surface area contributed by atoms with Gasteiger partial charge < -0.3 is 19.6 Å². The lowest BCUT2D eigenvalue weighted by molar-refractivity contribution is -0.139. The van der Waals surface area contributed by atoms with Gasteiger partial charge >= 0.3 is 6.18 Å². The number of nitrogens with zero attached hydrogens (tertiary/aromatic N) is 1. The zero-order valence-corrected chi connectivity index (χ0v) is 12.8. The smallest absolute Gasteiger partial charge is 0.421 e. The predicted molar refractivity (Wildman–Crippen MR) is 79.8 cm³/mol. The molecule has 2 N–H and O–H groups in total. The maximum atomic E-state index is 12.6. The Bertz CT molecular complexity index is 797. The van der Waals surface area contributed by atoms with Crippen molar-refractivity contribution < 1.29 is 27.2 Å². The van der Waals surface area contributed by atoms with Crippen molar-refractivity contribution in [1.29, 1.82) is 0 Å². The van der Waals surface area contributed by atoms with Gasteiger partial charge in [0.05, 0.1) is 6.26 Å². The molecule has 0 unspecified atom stereocenters. The molecule has 2 aromatic rings. The highest BCUT2D eigenvalue weighted by atomic mass is 19.4. The van der Waals surface area contributed by atoms with Gasteiger partial charge in [0.25, 0.3) is 11.5 Å². The summed E-state index contributed by atoms with van der Waals surface area (Å²) in [6.45, 7) is -0.434. The van der Waals surface area contributed by atoms with Crippen LogP contribution >= 0.6 is 0 Å². The van der Waals surface area contributed by atoms with Gasteiger partial charge in [0.15, 0.2) is 5.76 Å². The molecule has 0 fully saturated rings. The Labute approximate surface area is 139 Å². The Balaban J connectivity index is 1.83. The maximum absolute atomic E-state index is 12.6. The molecular formula is C15H14F3N3O4. The van der Waals surface area contributed by atoms with Gasteiger partial charge in [0.1, 0.15) is 12.1 Å². The fourth-order valence-corrected chi connectivity index (χ4v) is 1.96. The second-order valence-electron chi connectivity index (χ2n) is 4.94. The molecular weight excluding hydrogens is 343 g/mol. The number of halogens is 3. The molecule has 2 amide bonds. The predicted octanol–water partition coefficient (Wildman–Crippen LogP) is 1.01. The first-order chi connectivity index (χ1) is 11.8. The number of nitrogens with one attached hydrogen (secondary N) is 2. The minimum absolute atomic E-state index is 0.0407. The summed E-state index contributed by atoms with van der Waals surface area (Å²) in [7, 11) is 0. The normalized spacial score (nSPS) is 11.2. The van der Waals surface area contributed by atoms with Crippen LogP contribution in [0.5, 0.6) is 0 Å². The molecule has 0 saturated carbocycles. The molecule has 2 aromatic heterocycles. The molecule has 0 atom stereocenters. The standard InChI is InChI=1S/C15H14F3N3O4/c16-15(17,18)10-3-1-7-21(14(10)24)9-12(22)19-5-6-20-13(23)11-4-2-8-25-11/h1-4,7-8H,5-6,9H2,(H,19,22)(H,20,23). The van der Waals surface area contributed by atoms with Crippen molar-refractivity contribution in [3.63, 3.8) is 0 Å². The van der Waals surface area contributed by atoms with Crippen molar-refractivity contribution in [3.05, 3.63) is 58.4 Å². The van der Waals surface area contributed by atoms with Gasteiger partial charge in [-0.3, -0.25) is 14.4 Å². The topological polar surface area (TPSA) is 93.3 Å². The van der Waals surface area contributed by atoms with Crippen molar-refractivity contribution in [2.75, 3.05) is 13.1 Å². The van der Waals surface area contributed by atoms with E-state index in [9.17, 15) is 27.6 Å². The Morgan fingerprint density at radius 3 is 2.48 bits per heavy atom. The molecule has 0 aliphatic rings. The average Bonchev–Trinajstić information content (AvgIpc) is 3.07. The van der Waals surface area contributed by atoms with E-state index in [2.05, 4.69) is 10.6 Å². The molecule has 134 valence electrons. The van der Waals surface area contributed by atoms with E-state index in [1.54, 1.807) is 6.07 Å². The quantitative estimate of drug-likeness (QED) is 0.755. The lowest BCUT2D eigenvalue weighted by Crippen LogP contribution is -2.38. The Morgan fingerprint density at radius 2 is 1.84 bits per heavy atom.